The summed E-state index contributed by atoms with van der Waals surface area (Å²) in [6.07, 6.45) is 2.38. The molecule has 0 aliphatic carbocycles. The summed E-state index contributed by atoms with van der Waals surface area (Å²) in [6.45, 7) is 0.983. The summed E-state index contributed by atoms with van der Waals surface area (Å²) >= 11 is 2.94. The van der Waals surface area contributed by atoms with Gasteiger partial charge in [-0.3, -0.25) is 29.4 Å². The van der Waals surface area contributed by atoms with E-state index in [1.807, 2.05) is 24.3 Å². The maximum atomic E-state index is 13.0. The topological polar surface area (TPSA) is 110 Å². The predicted molar refractivity (Wildman–Crippen MR) is 155 cm³/mol. The van der Waals surface area contributed by atoms with Crippen molar-refractivity contribution in [1.29, 1.82) is 0 Å². The standard InChI is InChI=1S/C28H22IN3O6S/c29-23-13-19(7-10-24(23)38-17-18-5-8-22(9-6-18)32(36)37)14-25-27(34)31(28(35)39-25)16-26(33)30-12-11-20-3-1-2-4-21(20)15-30/h1-10,13-14H,11-12,15-17H2/b25-14-. The van der Waals surface area contributed by atoms with E-state index in [0.29, 0.717) is 24.4 Å². The molecule has 2 heterocycles. The van der Waals surface area contributed by atoms with E-state index in [0.717, 1.165) is 37.8 Å². The van der Waals surface area contributed by atoms with E-state index in [2.05, 4.69) is 28.7 Å². The second kappa shape index (κ2) is 11.6. The van der Waals surface area contributed by atoms with Gasteiger partial charge in [-0.25, -0.2) is 0 Å². The Kier molecular flexibility index (Phi) is 7.98. The largest absolute Gasteiger partial charge is 0.488 e. The van der Waals surface area contributed by atoms with Crippen LogP contribution in [0.5, 0.6) is 5.75 Å². The van der Waals surface area contributed by atoms with Crippen LogP contribution in [0, 0.1) is 13.7 Å². The molecule has 0 N–H and O–H groups in total. The van der Waals surface area contributed by atoms with Crippen molar-refractivity contribution in [1.82, 2.24) is 9.80 Å². The van der Waals surface area contributed by atoms with Gasteiger partial charge in [0, 0.05) is 25.2 Å². The third kappa shape index (κ3) is 6.14. The summed E-state index contributed by atoms with van der Waals surface area (Å²) in [5.74, 6) is -0.116. The number of halogens is 1. The van der Waals surface area contributed by atoms with Crippen LogP contribution in [0.1, 0.15) is 22.3 Å². The molecule has 0 unspecified atom stereocenters. The number of benzene rings is 3. The fourth-order valence-electron chi connectivity index (χ4n) is 4.33. The highest BCUT2D eigenvalue weighted by atomic mass is 127. The molecule has 11 heteroatoms. The minimum Gasteiger partial charge on any atom is -0.488 e. The third-order valence-corrected chi connectivity index (χ3v) is 8.20. The van der Waals surface area contributed by atoms with Gasteiger partial charge in [-0.2, -0.15) is 0 Å². The van der Waals surface area contributed by atoms with Gasteiger partial charge in [0.05, 0.1) is 13.4 Å². The Labute approximate surface area is 242 Å². The molecular formula is C28H22IN3O6S. The Bertz CT molecular complexity index is 1510. The van der Waals surface area contributed by atoms with E-state index in [1.54, 1.807) is 35.2 Å². The van der Waals surface area contributed by atoms with Gasteiger partial charge in [0.1, 0.15) is 18.9 Å². The lowest BCUT2D eigenvalue weighted by atomic mass is 10.00. The summed E-state index contributed by atoms with van der Waals surface area (Å²) in [5, 5.41) is 10.3. The molecule has 2 aliphatic rings. The van der Waals surface area contributed by atoms with E-state index in [-0.39, 0.29) is 29.7 Å². The van der Waals surface area contributed by atoms with Crippen LogP contribution in [0.15, 0.2) is 71.6 Å². The quantitative estimate of drug-likeness (QED) is 0.145. The van der Waals surface area contributed by atoms with Gasteiger partial charge >= 0.3 is 0 Å². The van der Waals surface area contributed by atoms with Crippen LogP contribution in [0.25, 0.3) is 6.08 Å². The van der Waals surface area contributed by atoms with Gasteiger partial charge in [0.2, 0.25) is 5.91 Å². The zero-order chi connectivity index (χ0) is 27.5. The number of rotatable bonds is 7. The number of non-ortho nitro benzene ring substituents is 1. The Balaban J connectivity index is 1.21. The molecule has 2 aliphatic heterocycles. The Morgan fingerprint density at radius 1 is 1.08 bits per heavy atom. The van der Waals surface area contributed by atoms with E-state index >= 15 is 0 Å². The SMILES string of the molecule is O=C(CN1C(=O)S/C(=C\c2ccc(OCc3ccc([N+](=O)[O-])cc3)c(I)c2)C1=O)N1CCc2ccccc2C1. The summed E-state index contributed by atoms with van der Waals surface area (Å²) in [7, 11) is 0. The van der Waals surface area contributed by atoms with Crippen molar-refractivity contribution in [3.8, 4) is 5.75 Å². The molecule has 3 amide bonds. The van der Waals surface area contributed by atoms with E-state index in [4.69, 9.17) is 4.74 Å². The van der Waals surface area contributed by atoms with Crippen molar-refractivity contribution in [3.63, 3.8) is 0 Å². The minimum atomic E-state index is -0.482. The predicted octanol–water partition coefficient (Wildman–Crippen LogP) is 5.40. The van der Waals surface area contributed by atoms with Gasteiger partial charge in [-0.05, 0) is 93.4 Å². The maximum absolute atomic E-state index is 13.0. The van der Waals surface area contributed by atoms with Gasteiger partial charge in [0.15, 0.2) is 0 Å². The molecule has 0 aromatic heterocycles. The monoisotopic (exact) mass is 655 g/mol. The van der Waals surface area contributed by atoms with Crippen LogP contribution < -0.4 is 4.74 Å². The molecule has 3 aromatic carbocycles. The number of amides is 3. The van der Waals surface area contributed by atoms with E-state index in [9.17, 15) is 24.5 Å². The molecule has 198 valence electrons. The smallest absolute Gasteiger partial charge is 0.294 e. The van der Waals surface area contributed by atoms with Crippen molar-refractivity contribution in [2.75, 3.05) is 13.1 Å². The number of nitrogens with zero attached hydrogens (tertiary/aromatic N) is 3. The van der Waals surface area contributed by atoms with Gasteiger partial charge in [-0.1, -0.05) is 30.3 Å². The molecule has 1 saturated heterocycles. The molecule has 0 radical (unpaired) electrons. The lowest BCUT2D eigenvalue weighted by Gasteiger charge is -2.29. The Morgan fingerprint density at radius 2 is 1.82 bits per heavy atom. The van der Waals surface area contributed by atoms with Crippen molar-refractivity contribution in [3.05, 3.63) is 108 Å². The molecule has 0 bridgehead atoms. The first-order valence-corrected chi connectivity index (χ1v) is 13.9. The molecule has 1 fully saturated rings. The fraction of sp³-hybridized carbons (Fsp3) is 0.179. The molecule has 0 spiro atoms. The normalized spacial score (nSPS) is 16.0. The lowest BCUT2D eigenvalue weighted by Crippen LogP contribution is -2.44. The summed E-state index contributed by atoms with van der Waals surface area (Å²) in [5.41, 5.74) is 3.82. The number of fused-ring (bicyclic) bond motifs is 1. The van der Waals surface area contributed by atoms with E-state index < -0.39 is 16.1 Å². The first-order chi connectivity index (χ1) is 18.8. The number of thioether (sulfide) groups is 1. The lowest BCUT2D eigenvalue weighted by molar-refractivity contribution is -0.384. The highest BCUT2D eigenvalue weighted by Crippen LogP contribution is 2.33. The van der Waals surface area contributed by atoms with E-state index in [1.165, 1.54) is 17.7 Å². The Morgan fingerprint density at radius 3 is 2.54 bits per heavy atom. The van der Waals surface area contributed by atoms with Crippen LogP contribution in [0.4, 0.5) is 10.5 Å². The van der Waals surface area contributed by atoms with Gasteiger partial charge in [-0.15, -0.1) is 0 Å². The Hall–Kier alpha value is -3.71. The van der Waals surface area contributed by atoms with Crippen LogP contribution in [0.2, 0.25) is 0 Å². The van der Waals surface area contributed by atoms with Crippen LogP contribution in [0.3, 0.4) is 0 Å². The first kappa shape index (κ1) is 26.9. The zero-order valence-corrected chi connectivity index (χ0v) is 23.5. The summed E-state index contributed by atoms with van der Waals surface area (Å²) in [4.78, 5) is 51.8. The maximum Gasteiger partial charge on any atom is 0.294 e. The molecule has 0 atom stereocenters. The number of carbonyl (C=O) groups excluding carboxylic acids is 3. The van der Waals surface area contributed by atoms with Crippen LogP contribution in [-0.2, 0) is 29.2 Å². The third-order valence-electron chi connectivity index (χ3n) is 6.45. The van der Waals surface area contributed by atoms with Crippen molar-refractivity contribution >= 4 is 63.2 Å². The van der Waals surface area contributed by atoms with Gasteiger partial charge in [0.25, 0.3) is 16.8 Å². The number of nitro benzene ring substituents is 1. The zero-order valence-electron chi connectivity index (χ0n) is 20.5. The second-order valence-electron chi connectivity index (χ2n) is 9.00. The van der Waals surface area contributed by atoms with Crippen molar-refractivity contribution < 1.29 is 24.0 Å². The van der Waals surface area contributed by atoms with Crippen molar-refractivity contribution in [2.45, 2.75) is 19.6 Å². The number of imide groups is 1. The average Bonchev–Trinajstić information content (AvgIpc) is 3.19. The number of carbonyl (C=O) groups is 3. The molecule has 9 nitrogen and oxygen atoms in total. The second-order valence-corrected chi connectivity index (χ2v) is 11.2. The molecule has 5 rings (SSSR count). The summed E-state index contributed by atoms with van der Waals surface area (Å²) < 4.78 is 6.65. The van der Waals surface area contributed by atoms with Crippen LogP contribution >= 0.6 is 34.4 Å². The first-order valence-electron chi connectivity index (χ1n) is 12.0. The number of hydrogen-bond donors (Lipinski definition) is 0. The van der Waals surface area contributed by atoms with Gasteiger partial charge < -0.3 is 9.64 Å². The fourth-order valence-corrected chi connectivity index (χ4v) is 5.86. The molecule has 3 aromatic rings. The number of nitro groups is 1. The molecule has 39 heavy (non-hydrogen) atoms. The highest BCUT2D eigenvalue weighted by molar-refractivity contribution is 14.1. The minimum absolute atomic E-state index is 0.0173. The number of hydrogen-bond acceptors (Lipinski definition) is 7. The highest BCUT2D eigenvalue weighted by Gasteiger charge is 2.37. The van der Waals surface area contributed by atoms with Crippen molar-refractivity contribution in [2.24, 2.45) is 0 Å². The van der Waals surface area contributed by atoms with Crippen LogP contribution in [-0.4, -0.2) is 44.9 Å². The average molecular weight is 655 g/mol. The molecular weight excluding hydrogens is 633 g/mol. The summed E-state index contributed by atoms with van der Waals surface area (Å²) in [6, 6.07) is 19.5. The number of ether oxygens (including phenoxy) is 1. The molecule has 0 saturated carbocycles.